The fourth-order valence-electron chi connectivity index (χ4n) is 1.71. The molecule has 0 aromatic carbocycles. The molecule has 0 amide bonds. The number of alkyl halides is 5. The van der Waals surface area contributed by atoms with Gasteiger partial charge < -0.3 is 15.2 Å². The lowest BCUT2D eigenvalue weighted by atomic mass is 10.0. The zero-order valence-electron chi connectivity index (χ0n) is 11.4. The van der Waals surface area contributed by atoms with Gasteiger partial charge in [-0.25, -0.2) is 8.78 Å². The van der Waals surface area contributed by atoms with E-state index in [0.717, 1.165) is 6.20 Å². The highest BCUT2D eigenvalue weighted by atomic mass is 19.4. The number of rotatable bonds is 6. The van der Waals surface area contributed by atoms with Gasteiger partial charge in [-0.3, -0.25) is 9.78 Å². The summed E-state index contributed by atoms with van der Waals surface area (Å²) < 4.78 is 71.0. The highest BCUT2D eigenvalue weighted by Crippen LogP contribution is 2.36. The van der Waals surface area contributed by atoms with E-state index in [9.17, 15) is 26.7 Å². The third-order valence-corrected chi connectivity index (χ3v) is 2.52. The maximum Gasteiger partial charge on any atom is 0.573 e. The van der Waals surface area contributed by atoms with Crippen molar-refractivity contribution in [3.63, 3.8) is 0 Å². The van der Waals surface area contributed by atoms with Crippen molar-refractivity contribution in [3.05, 3.63) is 23.0 Å². The summed E-state index contributed by atoms with van der Waals surface area (Å²) in [6, 6.07) is 0. The summed E-state index contributed by atoms with van der Waals surface area (Å²) in [6.07, 6.45) is -8.08. The van der Waals surface area contributed by atoms with Gasteiger partial charge >= 0.3 is 12.3 Å². The molecular formula is C12H13F5N2O3. The van der Waals surface area contributed by atoms with Crippen molar-refractivity contribution in [3.8, 4) is 5.75 Å². The first-order valence-electron chi connectivity index (χ1n) is 6.09. The molecule has 0 fully saturated rings. The Morgan fingerprint density at radius 3 is 2.50 bits per heavy atom. The fraction of sp³-hybridized carbons (Fsp3) is 0.500. The highest BCUT2D eigenvalue weighted by Gasteiger charge is 2.35. The van der Waals surface area contributed by atoms with Crippen LogP contribution in [0.1, 0.15) is 30.2 Å². The van der Waals surface area contributed by atoms with E-state index in [4.69, 9.17) is 5.73 Å². The van der Waals surface area contributed by atoms with Crippen LogP contribution in [-0.2, 0) is 22.5 Å². The number of pyridine rings is 1. The molecule has 0 aliphatic rings. The highest BCUT2D eigenvalue weighted by molar-refractivity contribution is 5.73. The molecule has 1 heterocycles. The molecule has 1 rings (SSSR count). The number of hydrogen-bond acceptors (Lipinski definition) is 5. The number of hydrogen-bond donors (Lipinski definition) is 1. The molecule has 0 saturated heterocycles. The van der Waals surface area contributed by atoms with Gasteiger partial charge in [0.25, 0.3) is 6.43 Å². The van der Waals surface area contributed by atoms with Gasteiger partial charge in [0.1, 0.15) is 5.69 Å². The Bertz CT molecular complexity index is 534. The Hall–Kier alpha value is -1.97. The molecule has 0 aliphatic heterocycles. The molecule has 0 unspecified atom stereocenters. The molecule has 2 N–H and O–H groups in total. The Kier molecular flexibility index (Phi) is 6.03. The summed E-state index contributed by atoms with van der Waals surface area (Å²) in [5, 5.41) is 0. The minimum absolute atomic E-state index is 0.0608. The molecule has 0 saturated carbocycles. The van der Waals surface area contributed by atoms with Crippen LogP contribution in [0.15, 0.2) is 6.20 Å². The minimum atomic E-state index is -5.20. The van der Waals surface area contributed by atoms with Crippen LogP contribution >= 0.6 is 0 Å². The molecule has 0 bridgehead atoms. The summed E-state index contributed by atoms with van der Waals surface area (Å²) in [7, 11) is 0. The van der Waals surface area contributed by atoms with Crippen molar-refractivity contribution in [2.75, 3.05) is 6.61 Å². The summed E-state index contributed by atoms with van der Waals surface area (Å²) in [4.78, 5) is 14.6. The van der Waals surface area contributed by atoms with E-state index in [1.807, 2.05) is 0 Å². The van der Waals surface area contributed by atoms with Gasteiger partial charge in [0.05, 0.1) is 13.0 Å². The zero-order valence-corrected chi connectivity index (χ0v) is 11.4. The van der Waals surface area contributed by atoms with Gasteiger partial charge in [0, 0.05) is 18.3 Å². The van der Waals surface area contributed by atoms with E-state index in [1.165, 1.54) is 6.92 Å². The SMILES string of the molecule is CCOC(=O)Cc1cnc(C(F)F)c(OC(F)(F)F)c1CN. The molecule has 1 aromatic rings. The first-order chi connectivity index (χ1) is 10.2. The third-order valence-electron chi connectivity index (χ3n) is 2.52. The lowest BCUT2D eigenvalue weighted by Crippen LogP contribution is -2.22. The smallest absolute Gasteiger partial charge is 0.466 e. The molecule has 0 radical (unpaired) electrons. The van der Waals surface area contributed by atoms with E-state index >= 15 is 0 Å². The van der Waals surface area contributed by atoms with E-state index in [2.05, 4.69) is 14.5 Å². The lowest BCUT2D eigenvalue weighted by molar-refractivity contribution is -0.275. The number of nitrogens with zero attached hydrogens (tertiary/aromatic N) is 1. The Balaban J connectivity index is 3.31. The first-order valence-corrected chi connectivity index (χ1v) is 6.09. The molecule has 22 heavy (non-hydrogen) atoms. The van der Waals surface area contributed by atoms with Crippen molar-refractivity contribution in [1.82, 2.24) is 4.98 Å². The number of carbonyl (C=O) groups is 1. The van der Waals surface area contributed by atoms with Crippen LogP contribution in [0.2, 0.25) is 0 Å². The van der Waals surface area contributed by atoms with Crippen LogP contribution in [-0.4, -0.2) is 23.9 Å². The van der Waals surface area contributed by atoms with Crippen LogP contribution in [0.4, 0.5) is 22.0 Å². The van der Waals surface area contributed by atoms with E-state index in [-0.39, 0.29) is 17.7 Å². The number of carbonyl (C=O) groups excluding carboxylic acids is 1. The molecule has 0 aliphatic carbocycles. The Morgan fingerprint density at radius 2 is 2.05 bits per heavy atom. The molecular weight excluding hydrogens is 315 g/mol. The normalized spacial score (nSPS) is 11.6. The predicted molar refractivity (Wildman–Crippen MR) is 64.1 cm³/mol. The molecule has 10 heteroatoms. The second-order valence-electron chi connectivity index (χ2n) is 4.01. The second kappa shape index (κ2) is 7.34. The van der Waals surface area contributed by atoms with Gasteiger partial charge in [0.15, 0.2) is 5.75 Å². The monoisotopic (exact) mass is 328 g/mol. The quantitative estimate of drug-likeness (QED) is 0.641. The van der Waals surface area contributed by atoms with Crippen LogP contribution in [0.25, 0.3) is 0 Å². The Morgan fingerprint density at radius 1 is 1.41 bits per heavy atom. The second-order valence-corrected chi connectivity index (χ2v) is 4.01. The maximum atomic E-state index is 12.8. The van der Waals surface area contributed by atoms with E-state index in [1.54, 1.807) is 0 Å². The zero-order chi connectivity index (χ0) is 16.9. The van der Waals surface area contributed by atoms with Gasteiger partial charge in [-0.1, -0.05) is 0 Å². The van der Waals surface area contributed by atoms with Crippen LogP contribution in [0.3, 0.4) is 0 Å². The van der Waals surface area contributed by atoms with Crippen molar-refractivity contribution >= 4 is 5.97 Å². The fourth-order valence-corrected chi connectivity index (χ4v) is 1.71. The lowest BCUT2D eigenvalue weighted by Gasteiger charge is -2.18. The largest absolute Gasteiger partial charge is 0.573 e. The van der Waals surface area contributed by atoms with Crippen molar-refractivity contribution in [2.45, 2.75) is 32.7 Å². The number of esters is 1. The van der Waals surface area contributed by atoms with Gasteiger partial charge in [0.2, 0.25) is 0 Å². The molecule has 0 spiro atoms. The summed E-state index contributed by atoms with van der Waals surface area (Å²) in [6.45, 7) is 1.06. The molecule has 1 aromatic heterocycles. The van der Waals surface area contributed by atoms with Crippen LogP contribution < -0.4 is 10.5 Å². The predicted octanol–water partition coefficient (Wildman–Crippen LogP) is 2.48. The molecule has 0 atom stereocenters. The van der Waals surface area contributed by atoms with Gasteiger partial charge in [-0.05, 0) is 12.5 Å². The Labute approximate surface area is 122 Å². The van der Waals surface area contributed by atoms with Gasteiger partial charge in [-0.15, -0.1) is 13.2 Å². The maximum absolute atomic E-state index is 12.8. The van der Waals surface area contributed by atoms with Crippen molar-refractivity contribution in [1.29, 1.82) is 0 Å². The third kappa shape index (κ3) is 4.79. The first kappa shape index (κ1) is 18.1. The van der Waals surface area contributed by atoms with Gasteiger partial charge in [-0.2, -0.15) is 0 Å². The van der Waals surface area contributed by atoms with E-state index < -0.39 is 43.2 Å². The van der Waals surface area contributed by atoms with Crippen LogP contribution in [0.5, 0.6) is 5.75 Å². The number of nitrogens with two attached hydrogens (primary N) is 1. The summed E-state index contributed by atoms with van der Waals surface area (Å²) >= 11 is 0. The standard InChI is InChI=1S/C12H13F5N2O3/c1-2-21-8(20)3-6-5-19-9(11(13)14)10(7(6)4-18)22-12(15,16)17/h5,11H,2-4,18H2,1H3. The topological polar surface area (TPSA) is 74.4 Å². The van der Waals surface area contributed by atoms with E-state index in [0.29, 0.717) is 0 Å². The van der Waals surface area contributed by atoms with Crippen molar-refractivity contribution in [2.24, 2.45) is 5.73 Å². The number of aromatic nitrogens is 1. The number of ether oxygens (including phenoxy) is 2. The van der Waals surface area contributed by atoms with Crippen molar-refractivity contribution < 1.29 is 36.2 Å². The average Bonchev–Trinajstić information content (AvgIpc) is 2.37. The number of halogens is 5. The molecule has 5 nitrogen and oxygen atoms in total. The molecule has 124 valence electrons. The summed E-state index contributed by atoms with van der Waals surface area (Å²) in [5.74, 6) is -1.92. The summed E-state index contributed by atoms with van der Waals surface area (Å²) in [5.41, 5.74) is 3.70. The average molecular weight is 328 g/mol. The van der Waals surface area contributed by atoms with Crippen LogP contribution in [0, 0.1) is 0 Å². The minimum Gasteiger partial charge on any atom is -0.466 e.